The highest BCUT2D eigenvalue weighted by atomic mass is 16.6. The molecule has 128 valence electrons. The number of benzene rings is 1. The van der Waals surface area contributed by atoms with Gasteiger partial charge in [-0.05, 0) is 49.3 Å². The number of nitrogens with zero attached hydrogens (tertiary/aromatic N) is 1. The molecule has 1 atom stereocenters. The van der Waals surface area contributed by atoms with E-state index in [1.165, 1.54) is 24.8 Å². The van der Waals surface area contributed by atoms with Gasteiger partial charge in [-0.25, -0.2) is 4.79 Å². The molecule has 3 rings (SSSR count). The highest BCUT2D eigenvalue weighted by Crippen LogP contribution is 2.30. The molecule has 1 heterocycles. The minimum atomic E-state index is -0.219. The fourth-order valence-corrected chi connectivity index (χ4v) is 3.48. The molecule has 3 heteroatoms. The van der Waals surface area contributed by atoms with Crippen molar-refractivity contribution in [1.82, 2.24) is 4.90 Å². The Kier molecular flexibility index (Phi) is 5.39. The molecule has 0 unspecified atom stereocenters. The van der Waals surface area contributed by atoms with E-state index >= 15 is 0 Å². The summed E-state index contributed by atoms with van der Waals surface area (Å²) in [5, 5.41) is 0. The molecule has 1 saturated carbocycles. The van der Waals surface area contributed by atoms with Crippen LogP contribution < -0.4 is 0 Å². The van der Waals surface area contributed by atoms with Gasteiger partial charge in [0.05, 0.1) is 6.04 Å². The summed E-state index contributed by atoms with van der Waals surface area (Å²) in [6.07, 6.45) is 10.2. The molecule has 2 aliphatic rings. The molecule has 1 aliphatic heterocycles. The van der Waals surface area contributed by atoms with E-state index in [1.807, 2.05) is 23.1 Å². The van der Waals surface area contributed by atoms with Gasteiger partial charge in [-0.1, -0.05) is 56.2 Å². The van der Waals surface area contributed by atoms with E-state index in [0.29, 0.717) is 12.5 Å². The molecule has 0 aromatic heterocycles. The van der Waals surface area contributed by atoms with Crippen LogP contribution in [0.15, 0.2) is 47.7 Å². The summed E-state index contributed by atoms with van der Waals surface area (Å²) in [5.74, 6) is 0.361. The summed E-state index contributed by atoms with van der Waals surface area (Å²) in [6, 6.07) is 10.3. The van der Waals surface area contributed by atoms with Crippen molar-refractivity contribution in [2.75, 3.05) is 6.61 Å². The maximum absolute atomic E-state index is 12.4. The number of hydrogen-bond acceptors (Lipinski definition) is 2. The summed E-state index contributed by atoms with van der Waals surface area (Å²) in [4.78, 5) is 14.3. The van der Waals surface area contributed by atoms with E-state index in [2.05, 4.69) is 38.1 Å². The van der Waals surface area contributed by atoms with Crippen LogP contribution >= 0.6 is 0 Å². The summed E-state index contributed by atoms with van der Waals surface area (Å²) >= 11 is 0. The van der Waals surface area contributed by atoms with Gasteiger partial charge in [0.25, 0.3) is 0 Å². The zero-order valence-corrected chi connectivity index (χ0v) is 14.7. The third kappa shape index (κ3) is 3.89. The van der Waals surface area contributed by atoms with Crippen molar-refractivity contribution in [3.05, 3.63) is 53.2 Å². The Morgan fingerprint density at radius 3 is 2.54 bits per heavy atom. The molecular formula is C21H27NO2. The van der Waals surface area contributed by atoms with Gasteiger partial charge in [-0.15, -0.1) is 0 Å². The third-order valence-electron chi connectivity index (χ3n) is 4.92. The fourth-order valence-electron chi connectivity index (χ4n) is 3.48. The lowest BCUT2D eigenvalue weighted by atomic mass is 9.93. The molecule has 0 bridgehead atoms. The van der Waals surface area contributed by atoms with Gasteiger partial charge < -0.3 is 4.74 Å². The van der Waals surface area contributed by atoms with Crippen molar-refractivity contribution in [1.29, 1.82) is 0 Å². The van der Waals surface area contributed by atoms with Crippen LogP contribution in [0.4, 0.5) is 4.79 Å². The Labute approximate surface area is 145 Å². The van der Waals surface area contributed by atoms with Crippen LogP contribution in [0.2, 0.25) is 0 Å². The van der Waals surface area contributed by atoms with E-state index in [0.717, 1.165) is 24.1 Å². The minimum absolute atomic E-state index is 0.105. The summed E-state index contributed by atoms with van der Waals surface area (Å²) in [6.45, 7) is 4.77. The first-order valence-electron chi connectivity index (χ1n) is 9.07. The third-order valence-corrected chi connectivity index (χ3v) is 4.92. The molecule has 1 aliphatic carbocycles. The quantitative estimate of drug-likeness (QED) is 0.742. The van der Waals surface area contributed by atoms with Crippen LogP contribution in [0, 0.1) is 5.92 Å². The Balaban J connectivity index is 1.98. The lowest BCUT2D eigenvalue weighted by Crippen LogP contribution is -2.36. The lowest BCUT2D eigenvalue weighted by molar-refractivity contribution is 0.165. The smallest absolute Gasteiger partial charge is 0.414 e. The van der Waals surface area contributed by atoms with Gasteiger partial charge in [-0.2, -0.15) is 0 Å². The Morgan fingerprint density at radius 2 is 1.88 bits per heavy atom. The van der Waals surface area contributed by atoms with Crippen molar-refractivity contribution in [3.63, 3.8) is 0 Å². The van der Waals surface area contributed by atoms with E-state index in [4.69, 9.17) is 4.74 Å². The minimum Gasteiger partial charge on any atom is -0.447 e. The van der Waals surface area contributed by atoms with Crippen molar-refractivity contribution < 1.29 is 9.53 Å². The molecule has 2 fully saturated rings. The van der Waals surface area contributed by atoms with Gasteiger partial charge in [0, 0.05) is 5.70 Å². The number of allylic oxidation sites excluding steroid dienone is 2. The van der Waals surface area contributed by atoms with Crippen LogP contribution in [0.3, 0.4) is 0 Å². The maximum atomic E-state index is 12.4. The largest absolute Gasteiger partial charge is 0.447 e. The predicted molar refractivity (Wildman–Crippen MR) is 97.4 cm³/mol. The number of rotatable bonds is 4. The predicted octanol–water partition coefficient (Wildman–Crippen LogP) is 5.39. The van der Waals surface area contributed by atoms with Gasteiger partial charge in [0.2, 0.25) is 0 Å². The zero-order valence-electron chi connectivity index (χ0n) is 14.7. The number of carbonyl (C=O) groups excluding carboxylic acids is 1. The molecule has 24 heavy (non-hydrogen) atoms. The first-order valence-corrected chi connectivity index (χ1v) is 9.07. The zero-order chi connectivity index (χ0) is 16.9. The summed E-state index contributed by atoms with van der Waals surface area (Å²) in [7, 11) is 0. The molecule has 1 amide bonds. The standard InChI is InChI=1S/C21H27NO2/c1-16(2)20-15-24-21(23)22(20)19(13-17-9-5-3-6-10-17)14-18-11-7-4-8-12-18/h3,5-6,9-10,13-14,16,20H,4,7-8,11-12,15H2,1-2H3/b19-13+/t20-/m1/s1. The highest BCUT2D eigenvalue weighted by Gasteiger charge is 2.36. The van der Waals surface area contributed by atoms with Gasteiger partial charge in [-0.3, -0.25) is 4.90 Å². The van der Waals surface area contributed by atoms with Crippen molar-refractivity contribution in [2.45, 2.75) is 52.0 Å². The molecule has 1 aromatic carbocycles. The SMILES string of the molecule is CC(C)[C@H]1COC(=O)N1/C(C=C1CCCCC1)=C/c1ccccc1. The second-order valence-corrected chi connectivity index (χ2v) is 7.10. The lowest BCUT2D eigenvalue weighted by Gasteiger charge is -2.26. The Bertz CT molecular complexity index is 622. The van der Waals surface area contributed by atoms with Gasteiger partial charge in [0.15, 0.2) is 0 Å². The normalized spacial score (nSPS) is 22.0. The van der Waals surface area contributed by atoms with Gasteiger partial charge in [0.1, 0.15) is 6.61 Å². The number of hydrogen-bond donors (Lipinski definition) is 0. The van der Waals surface area contributed by atoms with Crippen LogP contribution in [0.5, 0.6) is 0 Å². The first kappa shape index (κ1) is 16.8. The maximum Gasteiger partial charge on any atom is 0.414 e. The van der Waals surface area contributed by atoms with Crippen LogP contribution in [-0.4, -0.2) is 23.6 Å². The first-order chi connectivity index (χ1) is 11.6. The van der Waals surface area contributed by atoms with Crippen molar-refractivity contribution in [2.24, 2.45) is 5.92 Å². The molecular weight excluding hydrogens is 298 g/mol. The van der Waals surface area contributed by atoms with Crippen LogP contribution in [0.25, 0.3) is 6.08 Å². The molecule has 0 N–H and O–H groups in total. The molecule has 1 aromatic rings. The summed E-state index contributed by atoms with van der Waals surface area (Å²) < 4.78 is 5.36. The van der Waals surface area contributed by atoms with Crippen LogP contribution in [0.1, 0.15) is 51.5 Å². The molecule has 0 spiro atoms. The van der Waals surface area contributed by atoms with Gasteiger partial charge >= 0.3 is 6.09 Å². The average Bonchev–Trinajstić information content (AvgIpc) is 2.98. The number of carbonyl (C=O) groups is 1. The monoisotopic (exact) mass is 325 g/mol. The molecule has 3 nitrogen and oxygen atoms in total. The van der Waals surface area contributed by atoms with E-state index in [-0.39, 0.29) is 12.1 Å². The van der Waals surface area contributed by atoms with Crippen LogP contribution in [-0.2, 0) is 4.74 Å². The molecule has 0 radical (unpaired) electrons. The van der Waals surface area contributed by atoms with E-state index in [9.17, 15) is 4.79 Å². The Hall–Kier alpha value is -2.03. The second kappa shape index (κ2) is 7.69. The Morgan fingerprint density at radius 1 is 1.17 bits per heavy atom. The van der Waals surface area contributed by atoms with Crippen molar-refractivity contribution in [3.8, 4) is 0 Å². The second-order valence-electron chi connectivity index (χ2n) is 7.10. The topological polar surface area (TPSA) is 29.5 Å². The summed E-state index contributed by atoms with van der Waals surface area (Å²) in [5.41, 5.74) is 3.53. The number of ether oxygens (including phenoxy) is 1. The van der Waals surface area contributed by atoms with E-state index < -0.39 is 0 Å². The number of cyclic esters (lactones) is 1. The van der Waals surface area contributed by atoms with Crippen molar-refractivity contribution >= 4 is 12.2 Å². The fraction of sp³-hybridized carbons (Fsp3) is 0.476. The van der Waals surface area contributed by atoms with E-state index in [1.54, 1.807) is 0 Å². The number of amides is 1. The highest BCUT2D eigenvalue weighted by molar-refractivity contribution is 5.76. The average molecular weight is 325 g/mol. The molecule has 1 saturated heterocycles.